The molecule has 4 rings (SSSR count). The van der Waals surface area contributed by atoms with Crippen molar-refractivity contribution in [1.29, 1.82) is 5.26 Å². The Kier molecular flexibility index (Phi) is 7.75. The highest BCUT2D eigenvalue weighted by Crippen LogP contribution is 2.38. The summed E-state index contributed by atoms with van der Waals surface area (Å²) in [6.07, 6.45) is 3.18. The van der Waals surface area contributed by atoms with Gasteiger partial charge in [0.05, 0.1) is 34.2 Å². The number of rotatable bonds is 4. The van der Waals surface area contributed by atoms with E-state index in [4.69, 9.17) is 13.1 Å². The van der Waals surface area contributed by atoms with E-state index in [9.17, 15) is 36.0 Å². The maximum atomic E-state index is 14.9. The molecule has 0 heterocycles. The molecular weight excluding hydrogens is 551 g/mol. The van der Waals surface area contributed by atoms with Gasteiger partial charge in [0.25, 0.3) is 5.69 Å². The second-order valence-electron chi connectivity index (χ2n) is 8.43. The number of aryl methyl sites for hydroxylation is 1. The number of halogens is 7. The lowest BCUT2D eigenvalue weighted by Gasteiger charge is -2.29. The molecule has 0 N–H and O–H groups in total. The molecule has 0 unspecified atom stereocenters. The van der Waals surface area contributed by atoms with Gasteiger partial charge < -0.3 is 4.90 Å². The van der Waals surface area contributed by atoms with Gasteiger partial charge in [-0.15, -0.1) is 4.95 Å². The van der Waals surface area contributed by atoms with Crippen LogP contribution in [0.4, 0.5) is 47.8 Å². The molecular formula is C29H12F7N5. The zero-order chi connectivity index (χ0) is 30.0. The average molecular weight is 563 g/mol. The predicted octanol–water partition coefficient (Wildman–Crippen LogP) is 8.36. The van der Waals surface area contributed by atoms with Gasteiger partial charge in [0.15, 0.2) is 29.0 Å². The van der Waals surface area contributed by atoms with Crippen LogP contribution in [0.3, 0.4) is 0 Å². The fourth-order valence-corrected chi connectivity index (χ4v) is 4.14. The summed E-state index contributed by atoms with van der Waals surface area (Å²) in [5.74, 6) is -10.9. The molecule has 1 aliphatic rings. The minimum absolute atomic E-state index is 0.0274. The van der Waals surface area contributed by atoms with Gasteiger partial charge in [0.2, 0.25) is 0 Å². The van der Waals surface area contributed by atoms with Gasteiger partial charge in [-0.1, -0.05) is 6.08 Å². The molecule has 0 bridgehead atoms. The van der Waals surface area contributed by atoms with Crippen molar-refractivity contribution < 1.29 is 30.7 Å². The van der Waals surface area contributed by atoms with Crippen molar-refractivity contribution in [2.45, 2.75) is 6.92 Å². The Bertz CT molecular complexity index is 1750. The smallest absolute Gasteiger partial charge is 0.262 e. The Morgan fingerprint density at radius 2 is 1.37 bits per heavy atom. The molecule has 202 valence electrons. The third kappa shape index (κ3) is 5.29. The first-order chi connectivity index (χ1) is 19.5. The first kappa shape index (κ1) is 28.3. The average Bonchev–Trinajstić information content (AvgIpc) is 2.90. The minimum Gasteiger partial charge on any atom is -0.308 e. The number of nitrogens with zero attached hydrogens (tertiary/aromatic N) is 5. The Balaban J connectivity index is 2.10. The number of allylic oxidation sites excluding steroid dienone is 5. The summed E-state index contributed by atoms with van der Waals surface area (Å²) in [5, 5.41) is 13.4. The van der Waals surface area contributed by atoms with Gasteiger partial charge in [-0.25, -0.2) is 35.6 Å². The zero-order valence-electron chi connectivity index (χ0n) is 20.6. The van der Waals surface area contributed by atoms with Crippen LogP contribution in [0, 0.1) is 72.1 Å². The van der Waals surface area contributed by atoms with Gasteiger partial charge in [0.1, 0.15) is 23.5 Å². The van der Waals surface area contributed by atoms with E-state index in [1.165, 1.54) is 19.1 Å². The van der Waals surface area contributed by atoms with Crippen molar-refractivity contribution >= 4 is 28.3 Å². The van der Waals surface area contributed by atoms with Gasteiger partial charge in [0, 0.05) is 11.8 Å². The Morgan fingerprint density at radius 3 is 1.88 bits per heavy atom. The first-order valence-corrected chi connectivity index (χ1v) is 11.3. The van der Waals surface area contributed by atoms with E-state index in [0.717, 1.165) is 47.4 Å². The van der Waals surface area contributed by atoms with Crippen LogP contribution in [0.15, 0.2) is 71.0 Å². The summed E-state index contributed by atoms with van der Waals surface area (Å²) < 4.78 is 102. The van der Waals surface area contributed by atoms with E-state index in [1.807, 2.05) is 0 Å². The summed E-state index contributed by atoms with van der Waals surface area (Å²) in [6.45, 7) is 15.5. The van der Waals surface area contributed by atoms with E-state index < -0.39 is 57.5 Å². The highest BCUT2D eigenvalue weighted by atomic mass is 19.2. The molecule has 0 aromatic heterocycles. The van der Waals surface area contributed by atoms with E-state index in [2.05, 4.69) is 14.9 Å². The third-order valence-electron chi connectivity index (χ3n) is 5.77. The maximum absolute atomic E-state index is 14.9. The van der Waals surface area contributed by atoms with Crippen LogP contribution in [0.2, 0.25) is 0 Å². The Labute approximate surface area is 228 Å². The van der Waals surface area contributed by atoms with Gasteiger partial charge in [-0.05, 0) is 60.5 Å². The lowest BCUT2D eigenvalue weighted by molar-refractivity contribution is 0.457. The van der Waals surface area contributed by atoms with Gasteiger partial charge in [-0.3, -0.25) is 0 Å². The monoisotopic (exact) mass is 563 g/mol. The van der Waals surface area contributed by atoms with Crippen molar-refractivity contribution in [1.82, 2.24) is 0 Å². The molecule has 0 atom stereocenters. The molecule has 0 fully saturated rings. The summed E-state index contributed by atoms with van der Waals surface area (Å²) in [7, 11) is 0. The predicted molar refractivity (Wildman–Crippen MR) is 136 cm³/mol. The van der Waals surface area contributed by atoms with Crippen LogP contribution in [0.25, 0.3) is 15.4 Å². The van der Waals surface area contributed by atoms with Crippen LogP contribution in [-0.4, -0.2) is 5.71 Å². The van der Waals surface area contributed by atoms with Crippen LogP contribution in [-0.2, 0) is 0 Å². The van der Waals surface area contributed by atoms with E-state index in [-0.39, 0.29) is 28.4 Å². The first-order valence-electron chi connectivity index (χ1n) is 11.3. The summed E-state index contributed by atoms with van der Waals surface area (Å²) >= 11 is 0. The molecule has 0 spiro atoms. The van der Waals surface area contributed by atoms with E-state index in [1.54, 1.807) is 0 Å². The minimum atomic E-state index is -2.02. The van der Waals surface area contributed by atoms with Crippen LogP contribution < -0.4 is 4.90 Å². The van der Waals surface area contributed by atoms with Crippen molar-refractivity contribution in [2.24, 2.45) is 5.10 Å². The summed E-state index contributed by atoms with van der Waals surface area (Å²) in [4.78, 5) is 6.45. The van der Waals surface area contributed by atoms with Crippen LogP contribution in [0.1, 0.15) is 11.1 Å². The molecule has 0 aliphatic heterocycles. The SMILES string of the molecule is [C-]#[N+]/N=C1C=C/C(=C(/C#N)c2c(F)c(F)c([N+]#[C-])c(F)c2F)C=C\1N(c1cc(C)cc(F)c1)c1cc(F)cc(F)c1. The Morgan fingerprint density at radius 1 is 0.805 bits per heavy atom. The quantitative estimate of drug-likeness (QED) is 0.105. The molecule has 0 saturated carbocycles. The maximum Gasteiger partial charge on any atom is 0.262 e. The van der Waals surface area contributed by atoms with Crippen LogP contribution >= 0.6 is 0 Å². The molecule has 3 aromatic rings. The number of hydrogen-bond acceptors (Lipinski definition) is 3. The van der Waals surface area contributed by atoms with Crippen molar-refractivity contribution in [3.63, 3.8) is 0 Å². The molecule has 3 aromatic carbocycles. The summed E-state index contributed by atoms with van der Waals surface area (Å²) in [6, 6.07) is 7.37. The van der Waals surface area contributed by atoms with Crippen LogP contribution in [0.5, 0.6) is 0 Å². The lowest BCUT2D eigenvalue weighted by atomic mass is 9.93. The molecule has 1 aliphatic carbocycles. The highest BCUT2D eigenvalue weighted by molar-refractivity contribution is 6.14. The molecule has 12 heteroatoms. The third-order valence-corrected chi connectivity index (χ3v) is 5.77. The van der Waals surface area contributed by atoms with Gasteiger partial charge in [-0.2, -0.15) is 11.8 Å². The number of hydrogen-bond donors (Lipinski definition) is 0. The molecule has 0 radical (unpaired) electrons. The molecule has 0 saturated heterocycles. The zero-order valence-corrected chi connectivity index (χ0v) is 20.6. The second-order valence-corrected chi connectivity index (χ2v) is 8.43. The highest BCUT2D eigenvalue weighted by Gasteiger charge is 2.30. The standard InChI is InChI=1S/C29H12F7N5/c1-14-6-16(30)10-19(7-14)41(20-11-17(31)9-18(32)12-20)23-8-15(4-5-22(23)40-39-3)21(13-37)24-25(33)27(35)29(38-2)28(36)26(24)34/h4-12H,1H3/b21-15+,40-22+. The van der Waals surface area contributed by atoms with Crippen molar-refractivity contribution in [3.05, 3.63) is 141 Å². The molecule has 0 amide bonds. The fourth-order valence-electron chi connectivity index (χ4n) is 4.14. The summed E-state index contributed by atoms with van der Waals surface area (Å²) in [5.41, 5.74) is -4.55. The lowest BCUT2D eigenvalue weighted by Crippen LogP contribution is -2.24. The van der Waals surface area contributed by atoms with Gasteiger partial charge >= 0.3 is 0 Å². The number of benzene rings is 3. The largest absolute Gasteiger partial charge is 0.308 e. The van der Waals surface area contributed by atoms with Crippen molar-refractivity contribution in [2.75, 3.05) is 4.90 Å². The van der Waals surface area contributed by atoms with Crippen molar-refractivity contribution in [3.8, 4) is 6.07 Å². The van der Waals surface area contributed by atoms with E-state index >= 15 is 0 Å². The second kappa shape index (κ2) is 11.2. The number of nitriles is 1. The topological polar surface area (TPSA) is 48.1 Å². The molecule has 5 nitrogen and oxygen atoms in total. The number of anilines is 2. The molecule has 41 heavy (non-hydrogen) atoms. The fraction of sp³-hybridized carbons (Fsp3) is 0.0345. The van der Waals surface area contributed by atoms with E-state index in [0.29, 0.717) is 11.6 Å². The normalized spacial score (nSPS) is 14.7. The Hall–Kier alpha value is -5.67.